The molecule has 0 unspecified atom stereocenters. The molecular formula is C15H21ClN2O3. The fourth-order valence-corrected chi connectivity index (χ4v) is 1.71. The second-order valence-corrected chi connectivity index (χ2v) is 5.35. The highest BCUT2D eigenvalue weighted by Crippen LogP contribution is 2.19. The Kier molecular flexibility index (Phi) is 7.19. The number of amides is 2. The Hall–Kier alpha value is -1.59. The van der Waals surface area contributed by atoms with Gasteiger partial charge in [0.2, 0.25) is 0 Å². The first-order chi connectivity index (χ1) is 9.90. The molecule has 0 saturated carbocycles. The third kappa shape index (κ3) is 6.60. The van der Waals surface area contributed by atoms with Crippen LogP contribution in [0, 0.1) is 6.92 Å². The number of anilines is 1. The molecule has 2 amide bonds. The smallest absolute Gasteiger partial charge is 0.313 e. The van der Waals surface area contributed by atoms with Gasteiger partial charge < -0.3 is 15.4 Å². The minimum Gasteiger partial charge on any atom is -0.379 e. The predicted molar refractivity (Wildman–Crippen MR) is 83.5 cm³/mol. The summed E-state index contributed by atoms with van der Waals surface area (Å²) in [7, 11) is 0. The van der Waals surface area contributed by atoms with Crippen molar-refractivity contribution in [2.75, 3.05) is 18.5 Å². The van der Waals surface area contributed by atoms with E-state index in [0.29, 0.717) is 30.3 Å². The lowest BCUT2D eigenvalue weighted by Crippen LogP contribution is -2.36. The largest absolute Gasteiger partial charge is 0.379 e. The van der Waals surface area contributed by atoms with E-state index in [2.05, 4.69) is 10.6 Å². The van der Waals surface area contributed by atoms with Crippen LogP contribution >= 0.6 is 11.6 Å². The standard InChI is InChI=1S/C15H21ClN2O3/c1-10(2)21-8-4-7-17-14(19)15(20)18-12-6-5-11(3)13(16)9-12/h5-6,9-10H,4,7-8H2,1-3H3,(H,17,19)(H,18,20). The summed E-state index contributed by atoms with van der Waals surface area (Å²) in [5, 5.41) is 5.58. The first-order valence-corrected chi connectivity index (χ1v) is 7.25. The number of halogens is 1. The van der Waals surface area contributed by atoms with E-state index in [1.54, 1.807) is 18.2 Å². The molecule has 0 aliphatic rings. The van der Waals surface area contributed by atoms with Gasteiger partial charge in [0.15, 0.2) is 0 Å². The Morgan fingerprint density at radius 2 is 2.00 bits per heavy atom. The van der Waals surface area contributed by atoms with Crippen molar-refractivity contribution < 1.29 is 14.3 Å². The minimum absolute atomic E-state index is 0.162. The summed E-state index contributed by atoms with van der Waals surface area (Å²) in [5.74, 6) is -1.38. The maximum absolute atomic E-state index is 11.7. The highest BCUT2D eigenvalue weighted by Gasteiger charge is 2.13. The third-order valence-corrected chi connectivity index (χ3v) is 3.10. The van der Waals surface area contributed by atoms with Gasteiger partial charge in [-0.05, 0) is 44.9 Å². The molecule has 0 radical (unpaired) electrons. The molecule has 0 aliphatic heterocycles. The average molecular weight is 313 g/mol. The molecule has 0 fully saturated rings. The fourth-order valence-electron chi connectivity index (χ4n) is 1.53. The molecule has 0 aromatic heterocycles. The van der Waals surface area contributed by atoms with E-state index in [1.165, 1.54) is 0 Å². The number of aryl methyl sites for hydroxylation is 1. The van der Waals surface area contributed by atoms with Gasteiger partial charge in [-0.3, -0.25) is 9.59 Å². The molecule has 6 heteroatoms. The Morgan fingerprint density at radius 3 is 2.62 bits per heavy atom. The monoisotopic (exact) mass is 312 g/mol. The van der Waals surface area contributed by atoms with Crippen LogP contribution in [0.25, 0.3) is 0 Å². The summed E-state index contributed by atoms with van der Waals surface area (Å²) < 4.78 is 5.34. The summed E-state index contributed by atoms with van der Waals surface area (Å²) in [4.78, 5) is 23.3. The van der Waals surface area contributed by atoms with Gasteiger partial charge in [0.05, 0.1) is 6.10 Å². The van der Waals surface area contributed by atoms with Crippen LogP contribution in [-0.2, 0) is 14.3 Å². The first-order valence-electron chi connectivity index (χ1n) is 6.87. The summed E-state index contributed by atoms with van der Waals surface area (Å²) in [6.45, 7) is 6.69. The lowest BCUT2D eigenvalue weighted by molar-refractivity contribution is -0.136. The Balaban J connectivity index is 2.34. The van der Waals surface area contributed by atoms with Crippen LogP contribution in [0.15, 0.2) is 18.2 Å². The molecule has 0 heterocycles. The van der Waals surface area contributed by atoms with Crippen LogP contribution in [0.3, 0.4) is 0 Å². The number of hydrogen-bond donors (Lipinski definition) is 2. The summed E-state index contributed by atoms with van der Waals surface area (Å²) in [5.41, 5.74) is 1.40. The van der Waals surface area contributed by atoms with Gasteiger partial charge >= 0.3 is 11.8 Å². The van der Waals surface area contributed by atoms with Crippen molar-refractivity contribution >= 4 is 29.1 Å². The van der Waals surface area contributed by atoms with Gasteiger partial charge in [0.1, 0.15) is 0 Å². The maximum Gasteiger partial charge on any atom is 0.313 e. The molecule has 1 aromatic carbocycles. The summed E-state index contributed by atoms with van der Waals surface area (Å²) >= 11 is 5.95. The summed E-state index contributed by atoms with van der Waals surface area (Å²) in [6, 6.07) is 5.08. The minimum atomic E-state index is -0.709. The molecule has 0 spiro atoms. The average Bonchev–Trinajstić information content (AvgIpc) is 2.42. The Morgan fingerprint density at radius 1 is 1.29 bits per heavy atom. The molecular weight excluding hydrogens is 292 g/mol. The Labute approximate surface area is 130 Å². The van der Waals surface area contributed by atoms with Gasteiger partial charge in [0.25, 0.3) is 0 Å². The van der Waals surface area contributed by atoms with Gasteiger partial charge in [-0.15, -0.1) is 0 Å². The maximum atomic E-state index is 11.7. The lowest BCUT2D eigenvalue weighted by atomic mass is 10.2. The van der Waals surface area contributed by atoms with E-state index in [4.69, 9.17) is 16.3 Å². The SMILES string of the molecule is Cc1ccc(NC(=O)C(=O)NCCCOC(C)C)cc1Cl. The van der Waals surface area contributed by atoms with Crippen molar-refractivity contribution in [3.63, 3.8) is 0 Å². The van der Waals surface area contributed by atoms with Crippen LogP contribution in [0.5, 0.6) is 0 Å². The number of ether oxygens (including phenoxy) is 1. The van der Waals surface area contributed by atoms with Crippen LogP contribution in [0.1, 0.15) is 25.8 Å². The molecule has 0 bridgehead atoms. The Bertz CT molecular complexity index is 504. The molecule has 2 N–H and O–H groups in total. The fraction of sp³-hybridized carbons (Fsp3) is 0.467. The number of carbonyl (C=O) groups excluding carboxylic acids is 2. The van der Waals surface area contributed by atoms with Crippen LogP contribution in [0.4, 0.5) is 5.69 Å². The van der Waals surface area contributed by atoms with Crippen molar-refractivity contribution in [1.82, 2.24) is 5.32 Å². The second-order valence-electron chi connectivity index (χ2n) is 4.95. The third-order valence-electron chi connectivity index (χ3n) is 2.69. The van der Waals surface area contributed by atoms with Crippen molar-refractivity contribution in [1.29, 1.82) is 0 Å². The molecule has 5 nitrogen and oxygen atoms in total. The van der Waals surface area contributed by atoms with Gasteiger partial charge in [-0.2, -0.15) is 0 Å². The van der Waals surface area contributed by atoms with Crippen LogP contribution < -0.4 is 10.6 Å². The molecule has 0 atom stereocenters. The number of rotatable bonds is 6. The molecule has 0 saturated heterocycles. The van der Waals surface area contributed by atoms with E-state index >= 15 is 0 Å². The zero-order valence-corrected chi connectivity index (χ0v) is 13.3. The highest BCUT2D eigenvalue weighted by atomic mass is 35.5. The normalized spacial score (nSPS) is 10.5. The second kappa shape index (κ2) is 8.64. The first kappa shape index (κ1) is 17.5. The summed E-state index contributed by atoms with van der Waals surface area (Å²) in [6.07, 6.45) is 0.823. The van der Waals surface area contributed by atoms with Gasteiger partial charge in [-0.1, -0.05) is 17.7 Å². The highest BCUT2D eigenvalue weighted by molar-refractivity contribution is 6.39. The van der Waals surface area contributed by atoms with Crippen molar-refractivity contribution in [2.45, 2.75) is 33.3 Å². The van der Waals surface area contributed by atoms with Crippen molar-refractivity contribution in [3.05, 3.63) is 28.8 Å². The van der Waals surface area contributed by atoms with E-state index in [0.717, 1.165) is 5.56 Å². The molecule has 0 aliphatic carbocycles. The molecule has 21 heavy (non-hydrogen) atoms. The van der Waals surface area contributed by atoms with Crippen molar-refractivity contribution in [2.24, 2.45) is 0 Å². The van der Waals surface area contributed by atoms with E-state index < -0.39 is 11.8 Å². The van der Waals surface area contributed by atoms with Crippen LogP contribution in [0.2, 0.25) is 5.02 Å². The number of hydrogen-bond acceptors (Lipinski definition) is 3. The zero-order chi connectivity index (χ0) is 15.8. The molecule has 1 aromatic rings. The number of benzene rings is 1. The van der Waals surface area contributed by atoms with Gasteiger partial charge in [-0.25, -0.2) is 0 Å². The van der Waals surface area contributed by atoms with Crippen LogP contribution in [-0.4, -0.2) is 31.1 Å². The zero-order valence-electron chi connectivity index (χ0n) is 12.5. The lowest BCUT2D eigenvalue weighted by Gasteiger charge is -2.09. The quantitative estimate of drug-likeness (QED) is 0.626. The van der Waals surface area contributed by atoms with E-state index in [1.807, 2.05) is 20.8 Å². The van der Waals surface area contributed by atoms with Crippen molar-refractivity contribution in [3.8, 4) is 0 Å². The topological polar surface area (TPSA) is 67.4 Å². The van der Waals surface area contributed by atoms with E-state index in [-0.39, 0.29) is 6.10 Å². The van der Waals surface area contributed by atoms with E-state index in [9.17, 15) is 9.59 Å². The molecule has 1 rings (SSSR count). The van der Waals surface area contributed by atoms with Gasteiger partial charge in [0, 0.05) is 23.9 Å². The molecule has 116 valence electrons. The number of nitrogens with one attached hydrogen (secondary N) is 2. The number of carbonyl (C=O) groups is 2. The predicted octanol–water partition coefficient (Wildman–Crippen LogP) is 2.52.